The van der Waals surface area contributed by atoms with Gasteiger partial charge >= 0.3 is 0 Å². The number of rotatable bonds is 6. The van der Waals surface area contributed by atoms with E-state index in [1.165, 1.54) is 0 Å². The van der Waals surface area contributed by atoms with Crippen LogP contribution in [0.25, 0.3) is 11.1 Å². The van der Waals surface area contributed by atoms with Crippen LogP contribution in [-0.4, -0.2) is 19.2 Å². The highest BCUT2D eigenvalue weighted by Crippen LogP contribution is 2.32. The second kappa shape index (κ2) is 7.90. The summed E-state index contributed by atoms with van der Waals surface area (Å²) in [7, 11) is 3.26. The number of hydrogen-bond donors (Lipinski definition) is 1. The lowest BCUT2D eigenvalue weighted by Gasteiger charge is -2.11. The summed E-state index contributed by atoms with van der Waals surface area (Å²) in [6.07, 6.45) is 1.79. The SMILES string of the molecule is COc1ccc(-c2ccnc(NCc3ccc(Cl)cc3)c2)cc1OC. The summed E-state index contributed by atoms with van der Waals surface area (Å²) in [6, 6.07) is 17.6. The van der Waals surface area contributed by atoms with Crippen LogP contribution >= 0.6 is 11.6 Å². The van der Waals surface area contributed by atoms with Gasteiger partial charge in [-0.25, -0.2) is 4.98 Å². The van der Waals surface area contributed by atoms with Crippen molar-refractivity contribution >= 4 is 17.4 Å². The van der Waals surface area contributed by atoms with Gasteiger partial charge in [0.25, 0.3) is 0 Å². The first-order valence-electron chi connectivity index (χ1n) is 7.86. The van der Waals surface area contributed by atoms with Gasteiger partial charge in [-0.3, -0.25) is 0 Å². The van der Waals surface area contributed by atoms with Crippen molar-refractivity contribution in [2.24, 2.45) is 0 Å². The second-order valence-electron chi connectivity index (χ2n) is 5.48. The van der Waals surface area contributed by atoms with Gasteiger partial charge in [-0.15, -0.1) is 0 Å². The third kappa shape index (κ3) is 4.22. The predicted molar refractivity (Wildman–Crippen MR) is 102 cm³/mol. The Bertz CT molecular complexity index is 851. The summed E-state index contributed by atoms with van der Waals surface area (Å²) in [4.78, 5) is 4.38. The summed E-state index contributed by atoms with van der Waals surface area (Å²) in [5.74, 6) is 2.22. The maximum Gasteiger partial charge on any atom is 0.161 e. The van der Waals surface area contributed by atoms with Gasteiger partial charge in [0.15, 0.2) is 11.5 Å². The van der Waals surface area contributed by atoms with Gasteiger partial charge in [0.2, 0.25) is 0 Å². The molecule has 0 unspecified atom stereocenters. The van der Waals surface area contributed by atoms with Crippen molar-refractivity contribution in [2.75, 3.05) is 19.5 Å². The first kappa shape index (κ1) is 17.1. The van der Waals surface area contributed by atoms with E-state index in [1.54, 1.807) is 20.4 Å². The van der Waals surface area contributed by atoms with Gasteiger partial charge in [0.05, 0.1) is 14.2 Å². The molecule has 0 amide bonds. The van der Waals surface area contributed by atoms with Crippen LogP contribution < -0.4 is 14.8 Å². The molecule has 4 nitrogen and oxygen atoms in total. The van der Waals surface area contributed by atoms with Gasteiger partial charge in [0.1, 0.15) is 5.82 Å². The van der Waals surface area contributed by atoms with Crippen LogP contribution in [0.5, 0.6) is 11.5 Å². The Balaban J connectivity index is 1.78. The Morgan fingerprint density at radius 2 is 1.60 bits per heavy atom. The zero-order valence-corrected chi connectivity index (χ0v) is 14.9. The highest BCUT2D eigenvalue weighted by molar-refractivity contribution is 6.30. The van der Waals surface area contributed by atoms with Crippen molar-refractivity contribution in [3.05, 3.63) is 71.4 Å². The van der Waals surface area contributed by atoms with Crippen LogP contribution in [-0.2, 0) is 6.54 Å². The molecule has 1 N–H and O–H groups in total. The van der Waals surface area contributed by atoms with Crippen molar-refractivity contribution in [1.82, 2.24) is 4.98 Å². The van der Waals surface area contributed by atoms with Crippen molar-refractivity contribution < 1.29 is 9.47 Å². The number of hydrogen-bond acceptors (Lipinski definition) is 4. The lowest BCUT2D eigenvalue weighted by molar-refractivity contribution is 0.355. The molecule has 0 radical (unpaired) electrons. The number of methoxy groups -OCH3 is 2. The maximum absolute atomic E-state index is 5.91. The summed E-state index contributed by atoms with van der Waals surface area (Å²) in [5, 5.41) is 4.07. The van der Waals surface area contributed by atoms with Gasteiger partial charge < -0.3 is 14.8 Å². The number of benzene rings is 2. The standard InChI is InChI=1S/C20H19ClN2O2/c1-24-18-8-5-15(11-19(18)25-2)16-9-10-22-20(12-16)23-13-14-3-6-17(21)7-4-14/h3-12H,13H2,1-2H3,(H,22,23). The molecule has 128 valence electrons. The lowest BCUT2D eigenvalue weighted by atomic mass is 10.1. The second-order valence-corrected chi connectivity index (χ2v) is 5.92. The molecule has 0 spiro atoms. The molecule has 0 fully saturated rings. The van der Waals surface area contributed by atoms with E-state index in [4.69, 9.17) is 21.1 Å². The summed E-state index contributed by atoms with van der Waals surface area (Å²) >= 11 is 5.91. The van der Waals surface area contributed by atoms with Crippen LogP contribution in [0, 0.1) is 0 Å². The number of nitrogens with one attached hydrogen (secondary N) is 1. The molecule has 0 saturated heterocycles. The monoisotopic (exact) mass is 354 g/mol. The third-order valence-electron chi connectivity index (χ3n) is 3.86. The van der Waals surface area contributed by atoms with E-state index in [0.717, 1.165) is 27.5 Å². The summed E-state index contributed by atoms with van der Waals surface area (Å²) < 4.78 is 10.7. The smallest absolute Gasteiger partial charge is 0.161 e. The zero-order chi connectivity index (χ0) is 17.6. The first-order chi connectivity index (χ1) is 12.2. The predicted octanol–water partition coefficient (Wildman–Crippen LogP) is 5.03. The van der Waals surface area contributed by atoms with Crippen molar-refractivity contribution in [2.45, 2.75) is 6.54 Å². The molecular formula is C20H19ClN2O2. The number of aromatic nitrogens is 1. The zero-order valence-electron chi connectivity index (χ0n) is 14.1. The van der Waals surface area contributed by atoms with E-state index in [-0.39, 0.29) is 0 Å². The molecule has 3 rings (SSSR count). The van der Waals surface area contributed by atoms with Crippen LogP contribution in [0.1, 0.15) is 5.56 Å². The summed E-state index contributed by atoms with van der Waals surface area (Å²) in [6.45, 7) is 0.680. The van der Waals surface area contributed by atoms with E-state index >= 15 is 0 Å². The Hall–Kier alpha value is -2.72. The minimum atomic E-state index is 0.680. The fourth-order valence-electron chi connectivity index (χ4n) is 2.52. The van der Waals surface area contributed by atoms with Crippen molar-refractivity contribution in [1.29, 1.82) is 0 Å². The lowest BCUT2D eigenvalue weighted by Crippen LogP contribution is -2.01. The Morgan fingerprint density at radius 1 is 0.880 bits per heavy atom. The number of halogens is 1. The minimum Gasteiger partial charge on any atom is -0.493 e. The molecule has 0 saturated carbocycles. The van der Waals surface area contributed by atoms with E-state index in [2.05, 4.69) is 10.3 Å². The van der Waals surface area contributed by atoms with Gasteiger partial charge in [-0.1, -0.05) is 29.8 Å². The minimum absolute atomic E-state index is 0.680. The van der Waals surface area contributed by atoms with Crippen molar-refractivity contribution in [3.63, 3.8) is 0 Å². The Labute approximate surface area is 152 Å². The molecule has 0 aliphatic rings. The average Bonchev–Trinajstić information content (AvgIpc) is 2.67. The molecule has 1 aromatic heterocycles. The van der Waals surface area contributed by atoms with Crippen LogP contribution in [0.15, 0.2) is 60.8 Å². The molecule has 0 bridgehead atoms. The number of pyridine rings is 1. The van der Waals surface area contributed by atoms with E-state index in [1.807, 2.05) is 54.6 Å². The number of ether oxygens (including phenoxy) is 2. The normalized spacial score (nSPS) is 10.4. The van der Waals surface area contributed by atoms with Gasteiger partial charge in [-0.05, 0) is 53.1 Å². The van der Waals surface area contributed by atoms with E-state index in [0.29, 0.717) is 18.0 Å². The molecule has 0 aliphatic carbocycles. The van der Waals surface area contributed by atoms with E-state index in [9.17, 15) is 0 Å². The van der Waals surface area contributed by atoms with Crippen LogP contribution in [0.3, 0.4) is 0 Å². The van der Waals surface area contributed by atoms with Crippen molar-refractivity contribution in [3.8, 4) is 22.6 Å². The van der Waals surface area contributed by atoms with Gasteiger partial charge in [-0.2, -0.15) is 0 Å². The Kier molecular flexibility index (Phi) is 5.41. The van der Waals surface area contributed by atoms with Crippen LogP contribution in [0.4, 0.5) is 5.82 Å². The highest BCUT2D eigenvalue weighted by atomic mass is 35.5. The first-order valence-corrected chi connectivity index (χ1v) is 8.24. The topological polar surface area (TPSA) is 43.4 Å². The summed E-state index contributed by atoms with van der Waals surface area (Å²) in [5.41, 5.74) is 3.23. The largest absolute Gasteiger partial charge is 0.493 e. The molecule has 2 aromatic carbocycles. The molecular weight excluding hydrogens is 336 g/mol. The molecule has 25 heavy (non-hydrogen) atoms. The molecule has 0 aliphatic heterocycles. The third-order valence-corrected chi connectivity index (χ3v) is 4.12. The van der Waals surface area contributed by atoms with E-state index < -0.39 is 0 Å². The molecule has 1 heterocycles. The Morgan fingerprint density at radius 3 is 2.32 bits per heavy atom. The molecule has 0 atom stereocenters. The van der Waals surface area contributed by atoms with Gasteiger partial charge in [0, 0.05) is 17.8 Å². The number of anilines is 1. The highest BCUT2D eigenvalue weighted by Gasteiger charge is 2.07. The fourth-order valence-corrected chi connectivity index (χ4v) is 2.64. The molecule has 3 aromatic rings. The quantitative estimate of drug-likeness (QED) is 0.674. The maximum atomic E-state index is 5.91. The molecule has 5 heteroatoms. The van der Waals surface area contributed by atoms with Crippen LogP contribution in [0.2, 0.25) is 5.02 Å². The average molecular weight is 355 g/mol. The fraction of sp³-hybridized carbons (Fsp3) is 0.150. The number of nitrogens with zero attached hydrogens (tertiary/aromatic N) is 1.